The number of alkyl halides is 1. The highest BCUT2D eigenvalue weighted by Crippen LogP contribution is 2.34. The first-order valence-corrected chi connectivity index (χ1v) is 7.31. The first kappa shape index (κ1) is 14.5. The van der Waals surface area contributed by atoms with Gasteiger partial charge in [0.05, 0.1) is 0 Å². The predicted molar refractivity (Wildman–Crippen MR) is 68.1 cm³/mol. The molecular formula is C9H18ClNOS2. The van der Waals surface area contributed by atoms with Crippen LogP contribution in [-0.4, -0.2) is 28.3 Å². The van der Waals surface area contributed by atoms with Crippen molar-refractivity contribution in [3.8, 4) is 0 Å². The van der Waals surface area contributed by atoms with Gasteiger partial charge in [0.1, 0.15) is 5.38 Å². The Morgan fingerprint density at radius 1 is 1.50 bits per heavy atom. The van der Waals surface area contributed by atoms with Crippen molar-refractivity contribution in [3.63, 3.8) is 0 Å². The monoisotopic (exact) mass is 255 g/mol. The number of rotatable bonds is 5. The third-order valence-corrected chi connectivity index (χ3v) is 4.70. The largest absolute Gasteiger partial charge is 0.354 e. The topological polar surface area (TPSA) is 29.1 Å². The second-order valence-electron chi connectivity index (χ2n) is 3.92. The van der Waals surface area contributed by atoms with Gasteiger partial charge in [0, 0.05) is 17.0 Å². The van der Waals surface area contributed by atoms with Crippen molar-refractivity contribution >= 4 is 39.1 Å². The number of halogens is 1. The van der Waals surface area contributed by atoms with Gasteiger partial charge in [-0.3, -0.25) is 4.79 Å². The van der Waals surface area contributed by atoms with Gasteiger partial charge in [0.25, 0.3) is 0 Å². The van der Waals surface area contributed by atoms with Gasteiger partial charge in [-0.25, -0.2) is 0 Å². The lowest BCUT2D eigenvalue weighted by atomic mass is 10.3. The second kappa shape index (κ2) is 6.85. The fourth-order valence-electron chi connectivity index (χ4n) is 0.575. The van der Waals surface area contributed by atoms with Gasteiger partial charge in [0.2, 0.25) is 5.91 Å². The molecule has 0 aromatic heterocycles. The molecule has 0 rings (SSSR count). The maximum Gasteiger partial charge on any atom is 0.237 e. The van der Waals surface area contributed by atoms with Gasteiger partial charge >= 0.3 is 0 Å². The molecule has 14 heavy (non-hydrogen) atoms. The van der Waals surface area contributed by atoms with Gasteiger partial charge in [-0.1, -0.05) is 42.4 Å². The van der Waals surface area contributed by atoms with Crippen LogP contribution in [0.15, 0.2) is 0 Å². The average Bonchev–Trinajstić information content (AvgIpc) is 2.01. The Hall–Kier alpha value is 0.460. The zero-order valence-corrected chi connectivity index (χ0v) is 11.5. The van der Waals surface area contributed by atoms with E-state index in [4.69, 9.17) is 11.6 Å². The third-order valence-electron chi connectivity index (χ3n) is 1.15. The smallest absolute Gasteiger partial charge is 0.237 e. The van der Waals surface area contributed by atoms with E-state index in [9.17, 15) is 4.79 Å². The van der Waals surface area contributed by atoms with E-state index in [1.807, 2.05) is 10.8 Å². The zero-order valence-electron chi connectivity index (χ0n) is 9.09. The van der Waals surface area contributed by atoms with E-state index in [2.05, 4.69) is 26.1 Å². The van der Waals surface area contributed by atoms with Gasteiger partial charge in [-0.05, 0) is 6.92 Å². The molecule has 0 aliphatic carbocycles. The van der Waals surface area contributed by atoms with Crippen LogP contribution in [0.25, 0.3) is 0 Å². The molecule has 0 radical (unpaired) electrons. The first-order chi connectivity index (χ1) is 6.33. The lowest BCUT2D eigenvalue weighted by Gasteiger charge is -2.16. The standard InChI is InChI=1S/C9H18ClNOS2/c1-7(10)8(12)11-5-6-13-14-9(2,3)4/h7H,5-6H2,1-4H3,(H,11,12). The van der Waals surface area contributed by atoms with Crippen LogP contribution < -0.4 is 5.32 Å². The minimum atomic E-state index is -0.435. The molecule has 5 heteroatoms. The molecule has 84 valence electrons. The summed E-state index contributed by atoms with van der Waals surface area (Å²) < 4.78 is 0.272. The van der Waals surface area contributed by atoms with Crippen molar-refractivity contribution < 1.29 is 4.79 Å². The van der Waals surface area contributed by atoms with Crippen molar-refractivity contribution in [2.45, 2.75) is 37.8 Å². The highest BCUT2D eigenvalue weighted by molar-refractivity contribution is 8.77. The molecule has 0 spiro atoms. The summed E-state index contributed by atoms with van der Waals surface area (Å²) in [6.07, 6.45) is 0. The summed E-state index contributed by atoms with van der Waals surface area (Å²) in [5, 5.41) is 2.33. The van der Waals surface area contributed by atoms with Gasteiger partial charge < -0.3 is 5.32 Å². The number of hydrogen-bond acceptors (Lipinski definition) is 3. The van der Waals surface area contributed by atoms with Gasteiger partial charge in [-0.2, -0.15) is 0 Å². The SMILES string of the molecule is CC(Cl)C(=O)NCCSSC(C)(C)C. The van der Waals surface area contributed by atoms with Crippen LogP contribution in [0.5, 0.6) is 0 Å². The number of nitrogens with one attached hydrogen (secondary N) is 1. The zero-order chi connectivity index (χ0) is 11.2. The Balaban J connectivity index is 3.35. The minimum Gasteiger partial charge on any atom is -0.354 e. The van der Waals surface area contributed by atoms with Crippen molar-refractivity contribution in [2.75, 3.05) is 12.3 Å². The fourth-order valence-corrected chi connectivity index (χ4v) is 2.84. The van der Waals surface area contributed by atoms with E-state index < -0.39 is 5.38 Å². The van der Waals surface area contributed by atoms with E-state index >= 15 is 0 Å². The molecule has 2 nitrogen and oxygen atoms in total. The summed E-state index contributed by atoms with van der Waals surface area (Å²) in [6.45, 7) is 8.87. The van der Waals surface area contributed by atoms with Gasteiger partial charge in [-0.15, -0.1) is 11.6 Å². The Morgan fingerprint density at radius 3 is 2.50 bits per heavy atom. The van der Waals surface area contributed by atoms with Crippen LogP contribution in [0, 0.1) is 0 Å². The van der Waals surface area contributed by atoms with Crippen molar-refractivity contribution in [1.29, 1.82) is 0 Å². The highest BCUT2D eigenvalue weighted by Gasteiger charge is 2.11. The lowest BCUT2D eigenvalue weighted by molar-refractivity contribution is -0.120. The Morgan fingerprint density at radius 2 is 2.07 bits per heavy atom. The van der Waals surface area contributed by atoms with E-state index in [0.29, 0.717) is 6.54 Å². The molecule has 1 atom stereocenters. The van der Waals surface area contributed by atoms with Crippen LogP contribution in [0.2, 0.25) is 0 Å². The number of amides is 1. The molecule has 1 N–H and O–H groups in total. The van der Waals surface area contributed by atoms with Crippen LogP contribution in [0.3, 0.4) is 0 Å². The quantitative estimate of drug-likeness (QED) is 0.465. The molecule has 1 amide bonds. The molecule has 1 unspecified atom stereocenters. The van der Waals surface area contributed by atoms with Crippen LogP contribution in [0.4, 0.5) is 0 Å². The normalized spacial score (nSPS) is 13.8. The molecule has 0 aliphatic heterocycles. The van der Waals surface area contributed by atoms with Gasteiger partial charge in [0.15, 0.2) is 0 Å². The van der Waals surface area contributed by atoms with E-state index in [1.54, 1.807) is 17.7 Å². The number of carbonyl (C=O) groups is 1. The first-order valence-electron chi connectivity index (χ1n) is 4.55. The van der Waals surface area contributed by atoms with E-state index in [0.717, 1.165) is 5.75 Å². The van der Waals surface area contributed by atoms with E-state index in [1.165, 1.54) is 0 Å². The molecule has 0 saturated heterocycles. The molecule has 0 fully saturated rings. The Bertz CT molecular complexity index is 180. The molecule has 0 heterocycles. The molecule has 0 bridgehead atoms. The van der Waals surface area contributed by atoms with Crippen LogP contribution >= 0.6 is 33.2 Å². The lowest BCUT2D eigenvalue weighted by Crippen LogP contribution is -2.31. The summed E-state index contributed by atoms with van der Waals surface area (Å²) in [6, 6.07) is 0. The Labute approximate surface area is 99.3 Å². The van der Waals surface area contributed by atoms with E-state index in [-0.39, 0.29) is 10.7 Å². The van der Waals surface area contributed by atoms with Crippen LogP contribution in [-0.2, 0) is 4.79 Å². The van der Waals surface area contributed by atoms with Crippen molar-refractivity contribution in [2.24, 2.45) is 0 Å². The molecule has 0 aromatic carbocycles. The van der Waals surface area contributed by atoms with Crippen molar-refractivity contribution in [3.05, 3.63) is 0 Å². The Kier molecular flexibility index (Phi) is 7.08. The van der Waals surface area contributed by atoms with Crippen molar-refractivity contribution in [1.82, 2.24) is 5.32 Å². The predicted octanol–water partition coefficient (Wildman–Crippen LogP) is 2.91. The summed E-state index contributed by atoms with van der Waals surface area (Å²) in [5.41, 5.74) is 0. The average molecular weight is 256 g/mol. The summed E-state index contributed by atoms with van der Waals surface area (Å²) >= 11 is 5.59. The molecule has 0 aromatic rings. The third kappa shape index (κ3) is 9.03. The summed E-state index contributed by atoms with van der Waals surface area (Å²) in [4.78, 5) is 11.0. The maximum atomic E-state index is 11.0. The summed E-state index contributed by atoms with van der Waals surface area (Å²) in [7, 11) is 3.60. The highest BCUT2D eigenvalue weighted by atomic mass is 35.5. The fraction of sp³-hybridized carbons (Fsp3) is 0.889. The second-order valence-corrected chi connectivity index (χ2v) is 7.82. The van der Waals surface area contributed by atoms with Crippen LogP contribution in [0.1, 0.15) is 27.7 Å². The number of hydrogen-bond donors (Lipinski definition) is 1. The molecular weight excluding hydrogens is 238 g/mol. The molecule has 0 saturated carbocycles. The number of carbonyl (C=O) groups excluding carboxylic acids is 1. The minimum absolute atomic E-state index is 0.0898. The maximum absolute atomic E-state index is 11.0. The molecule has 0 aliphatic rings. The summed E-state index contributed by atoms with van der Waals surface area (Å²) in [5.74, 6) is 0.824.